The highest BCUT2D eigenvalue weighted by Crippen LogP contribution is 2.47. The molecule has 0 radical (unpaired) electrons. The predicted molar refractivity (Wildman–Crippen MR) is 59.7 cm³/mol. The predicted octanol–water partition coefficient (Wildman–Crippen LogP) is 4.35. The molecule has 0 N–H and O–H groups in total. The highest BCUT2D eigenvalue weighted by atomic mass is 14.4. The zero-order valence-electron chi connectivity index (χ0n) is 10.0. The molecule has 1 saturated carbocycles. The summed E-state index contributed by atoms with van der Waals surface area (Å²) in [4.78, 5) is 0. The smallest absolute Gasteiger partial charge is 0.0332 e. The van der Waals surface area contributed by atoms with Gasteiger partial charge in [0.1, 0.15) is 0 Å². The van der Waals surface area contributed by atoms with E-state index in [1.165, 1.54) is 19.3 Å². The standard InChI is InChI=1S/C13H26/c1-6-9(3)13-11(5)8-10(4)12(13)7-2/h9-13H,6-8H2,1-5H3. The van der Waals surface area contributed by atoms with Crippen LogP contribution in [0.15, 0.2) is 0 Å². The topological polar surface area (TPSA) is 0 Å². The molecular formula is C13H26. The van der Waals surface area contributed by atoms with E-state index in [1.807, 2.05) is 0 Å². The molecule has 78 valence electrons. The first-order valence-corrected chi connectivity index (χ1v) is 6.11. The number of hydrogen-bond donors (Lipinski definition) is 0. The quantitative estimate of drug-likeness (QED) is 0.608. The third-order valence-electron chi connectivity index (χ3n) is 4.40. The molecule has 5 atom stereocenters. The molecule has 1 rings (SSSR count). The third kappa shape index (κ3) is 2.08. The van der Waals surface area contributed by atoms with Crippen LogP contribution in [0.25, 0.3) is 0 Å². The summed E-state index contributed by atoms with van der Waals surface area (Å²) in [5, 5.41) is 0. The van der Waals surface area contributed by atoms with E-state index in [0.29, 0.717) is 0 Å². The molecule has 1 fully saturated rings. The Hall–Kier alpha value is 0. The van der Waals surface area contributed by atoms with Crippen LogP contribution < -0.4 is 0 Å². The van der Waals surface area contributed by atoms with Crippen LogP contribution in [0.3, 0.4) is 0 Å². The molecule has 0 aliphatic heterocycles. The van der Waals surface area contributed by atoms with Crippen molar-refractivity contribution < 1.29 is 0 Å². The zero-order chi connectivity index (χ0) is 10.0. The Kier molecular flexibility index (Phi) is 3.82. The molecule has 0 heteroatoms. The van der Waals surface area contributed by atoms with Gasteiger partial charge in [-0.3, -0.25) is 0 Å². The second-order valence-corrected chi connectivity index (χ2v) is 5.23. The Morgan fingerprint density at radius 1 is 1.15 bits per heavy atom. The van der Waals surface area contributed by atoms with Crippen LogP contribution in [0.2, 0.25) is 0 Å². The van der Waals surface area contributed by atoms with Gasteiger partial charge in [-0.05, 0) is 36.0 Å². The average molecular weight is 182 g/mol. The summed E-state index contributed by atoms with van der Waals surface area (Å²) < 4.78 is 0. The van der Waals surface area contributed by atoms with Crippen LogP contribution in [0.5, 0.6) is 0 Å². The van der Waals surface area contributed by atoms with Gasteiger partial charge in [0.2, 0.25) is 0 Å². The summed E-state index contributed by atoms with van der Waals surface area (Å²) >= 11 is 0. The van der Waals surface area contributed by atoms with Crippen molar-refractivity contribution in [1.82, 2.24) is 0 Å². The molecular weight excluding hydrogens is 156 g/mol. The monoisotopic (exact) mass is 182 g/mol. The van der Waals surface area contributed by atoms with Gasteiger partial charge in [-0.1, -0.05) is 47.5 Å². The first-order valence-electron chi connectivity index (χ1n) is 6.11. The van der Waals surface area contributed by atoms with Gasteiger partial charge in [0.15, 0.2) is 0 Å². The Bertz CT molecular complexity index is 146. The largest absolute Gasteiger partial charge is 0.0651 e. The van der Waals surface area contributed by atoms with Crippen molar-refractivity contribution in [1.29, 1.82) is 0 Å². The minimum atomic E-state index is 0.935. The van der Waals surface area contributed by atoms with E-state index >= 15 is 0 Å². The normalized spacial score (nSPS) is 42.2. The molecule has 1 aliphatic carbocycles. The van der Waals surface area contributed by atoms with Gasteiger partial charge in [0.25, 0.3) is 0 Å². The van der Waals surface area contributed by atoms with E-state index in [9.17, 15) is 0 Å². The summed E-state index contributed by atoms with van der Waals surface area (Å²) in [6, 6.07) is 0. The molecule has 0 bridgehead atoms. The van der Waals surface area contributed by atoms with E-state index in [4.69, 9.17) is 0 Å². The van der Waals surface area contributed by atoms with Gasteiger partial charge in [-0.2, -0.15) is 0 Å². The first-order chi connectivity index (χ1) is 6.11. The van der Waals surface area contributed by atoms with Crippen molar-refractivity contribution in [3.8, 4) is 0 Å². The van der Waals surface area contributed by atoms with E-state index in [0.717, 1.165) is 29.6 Å². The molecule has 0 aromatic rings. The summed E-state index contributed by atoms with van der Waals surface area (Å²) in [7, 11) is 0. The lowest BCUT2D eigenvalue weighted by Crippen LogP contribution is -2.22. The zero-order valence-corrected chi connectivity index (χ0v) is 10.0. The summed E-state index contributed by atoms with van der Waals surface area (Å²) in [5.41, 5.74) is 0. The first kappa shape index (κ1) is 11.1. The Morgan fingerprint density at radius 3 is 2.23 bits per heavy atom. The average Bonchev–Trinajstić information content (AvgIpc) is 2.39. The highest BCUT2D eigenvalue weighted by molar-refractivity contribution is 4.88. The second-order valence-electron chi connectivity index (χ2n) is 5.23. The molecule has 0 spiro atoms. The lowest BCUT2D eigenvalue weighted by atomic mass is 9.77. The summed E-state index contributed by atoms with van der Waals surface area (Å²) in [6.07, 6.45) is 4.21. The van der Waals surface area contributed by atoms with Crippen LogP contribution in [0.1, 0.15) is 53.9 Å². The molecule has 0 heterocycles. The van der Waals surface area contributed by atoms with Crippen LogP contribution in [0.4, 0.5) is 0 Å². The van der Waals surface area contributed by atoms with Gasteiger partial charge in [-0.15, -0.1) is 0 Å². The van der Waals surface area contributed by atoms with E-state index in [-0.39, 0.29) is 0 Å². The Balaban J connectivity index is 2.68. The molecule has 0 nitrogen and oxygen atoms in total. The fourth-order valence-corrected chi connectivity index (χ4v) is 3.65. The summed E-state index contributed by atoms with van der Waals surface area (Å²) in [6.45, 7) is 12.1. The van der Waals surface area contributed by atoms with Crippen molar-refractivity contribution in [2.75, 3.05) is 0 Å². The van der Waals surface area contributed by atoms with Gasteiger partial charge < -0.3 is 0 Å². The van der Waals surface area contributed by atoms with Crippen molar-refractivity contribution >= 4 is 0 Å². The van der Waals surface area contributed by atoms with Crippen molar-refractivity contribution in [3.05, 3.63) is 0 Å². The van der Waals surface area contributed by atoms with Crippen LogP contribution in [0, 0.1) is 29.6 Å². The van der Waals surface area contributed by atoms with E-state index < -0.39 is 0 Å². The van der Waals surface area contributed by atoms with E-state index in [2.05, 4.69) is 34.6 Å². The number of rotatable bonds is 3. The van der Waals surface area contributed by atoms with Gasteiger partial charge in [-0.25, -0.2) is 0 Å². The number of hydrogen-bond acceptors (Lipinski definition) is 0. The molecule has 13 heavy (non-hydrogen) atoms. The fraction of sp³-hybridized carbons (Fsp3) is 1.00. The lowest BCUT2D eigenvalue weighted by molar-refractivity contribution is 0.203. The van der Waals surface area contributed by atoms with Crippen LogP contribution >= 0.6 is 0 Å². The van der Waals surface area contributed by atoms with Gasteiger partial charge in [0.05, 0.1) is 0 Å². The molecule has 0 aromatic carbocycles. The third-order valence-corrected chi connectivity index (χ3v) is 4.40. The molecule has 0 saturated heterocycles. The molecule has 0 amide bonds. The molecule has 1 aliphatic rings. The van der Waals surface area contributed by atoms with Crippen molar-refractivity contribution in [3.63, 3.8) is 0 Å². The highest BCUT2D eigenvalue weighted by Gasteiger charge is 2.39. The maximum Gasteiger partial charge on any atom is -0.0332 e. The lowest BCUT2D eigenvalue weighted by Gasteiger charge is -2.29. The van der Waals surface area contributed by atoms with E-state index in [1.54, 1.807) is 0 Å². The minimum absolute atomic E-state index is 0.935. The van der Waals surface area contributed by atoms with Crippen LogP contribution in [-0.2, 0) is 0 Å². The van der Waals surface area contributed by atoms with Gasteiger partial charge >= 0.3 is 0 Å². The van der Waals surface area contributed by atoms with Crippen molar-refractivity contribution in [2.24, 2.45) is 29.6 Å². The molecule has 5 unspecified atom stereocenters. The SMILES string of the molecule is CCC(C)C1C(C)CC(C)C1CC. The van der Waals surface area contributed by atoms with Crippen molar-refractivity contribution in [2.45, 2.75) is 53.9 Å². The maximum atomic E-state index is 2.46. The van der Waals surface area contributed by atoms with Gasteiger partial charge in [0, 0.05) is 0 Å². The Labute approximate surface area is 84.1 Å². The maximum absolute atomic E-state index is 2.46. The second kappa shape index (κ2) is 4.48. The summed E-state index contributed by atoms with van der Waals surface area (Å²) in [5.74, 6) is 4.88. The fourth-order valence-electron chi connectivity index (χ4n) is 3.65. The Morgan fingerprint density at radius 2 is 1.77 bits per heavy atom. The minimum Gasteiger partial charge on any atom is -0.0651 e. The molecule has 0 aromatic heterocycles. The van der Waals surface area contributed by atoms with Crippen LogP contribution in [-0.4, -0.2) is 0 Å².